The fourth-order valence-electron chi connectivity index (χ4n) is 1.61. The van der Waals surface area contributed by atoms with Crippen molar-refractivity contribution < 1.29 is 0 Å². The third-order valence-corrected chi connectivity index (χ3v) is 2.35. The van der Waals surface area contributed by atoms with E-state index >= 15 is 0 Å². The van der Waals surface area contributed by atoms with E-state index in [-0.39, 0.29) is 0 Å². The molecule has 1 N–H and O–H groups in total. The number of rotatable bonds is 4. The van der Waals surface area contributed by atoms with Crippen LogP contribution in [0.25, 0.3) is 0 Å². The summed E-state index contributed by atoms with van der Waals surface area (Å²) in [5.74, 6) is 0.786. The summed E-state index contributed by atoms with van der Waals surface area (Å²) in [6.07, 6.45) is 8.02. The molecular formula is C11H15N5. The number of hydrogen-bond donors (Lipinski definition) is 1. The Labute approximate surface area is 94.5 Å². The fourth-order valence-corrected chi connectivity index (χ4v) is 1.61. The third-order valence-electron chi connectivity index (χ3n) is 2.35. The molecule has 0 fully saturated rings. The van der Waals surface area contributed by atoms with Crippen molar-refractivity contribution in [1.29, 1.82) is 0 Å². The quantitative estimate of drug-likeness (QED) is 0.840. The predicted molar refractivity (Wildman–Crippen MR) is 61.9 cm³/mol. The van der Waals surface area contributed by atoms with Crippen LogP contribution in [0.3, 0.4) is 0 Å². The standard InChI is InChI=1S/C11H15N5/c1-3-10-9(8-16(2)15-10)6-14-11-7-12-4-5-13-11/h4-5,7-8H,3,6H2,1-2H3,(H,13,14). The Morgan fingerprint density at radius 3 is 2.94 bits per heavy atom. The highest BCUT2D eigenvalue weighted by molar-refractivity contribution is 5.32. The summed E-state index contributed by atoms with van der Waals surface area (Å²) >= 11 is 0. The second-order valence-electron chi connectivity index (χ2n) is 3.57. The van der Waals surface area contributed by atoms with Gasteiger partial charge in [0.25, 0.3) is 0 Å². The van der Waals surface area contributed by atoms with Crippen LogP contribution in [-0.4, -0.2) is 19.7 Å². The maximum Gasteiger partial charge on any atom is 0.144 e. The van der Waals surface area contributed by atoms with E-state index in [2.05, 4.69) is 27.3 Å². The molecule has 16 heavy (non-hydrogen) atoms. The largest absolute Gasteiger partial charge is 0.365 e. The molecular weight excluding hydrogens is 202 g/mol. The summed E-state index contributed by atoms with van der Waals surface area (Å²) in [5, 5.41) is 7.60. The molecule has 5 nitrogen and oxygen atoms in total. The Bertz CT molecular complexity index is 449. The summed E-state index contributed by atoms with van der Waals surface area (Å²) in [6, 6.07) is 0. The van der Waals surface area contributed by atoms with Crippen molar-refractivity contribution in [2.24, 2.45) is 7.05 Å². The van der Waals surface area contributed by atoms with Crippen LogP contribution in [0.15, 0.2) is 24.8 Å². The second-order valence-corrected chi connectivity index (χ2v) is 3.57. The zero-order valence-corrected chi connectivity index (χ0v) is 9.51. The summed E-state index contributed by atoms with van der Waals surface area (Å²) in [4.78, 5) is 8.15. The minimum Gasteiger partial charge on any atom is -0.365 e. The van der Waals surface area contributed by atoms with E-state index in [1.165, 1.54) is 5.56 Å². The molecule has 0 aliphatic rings. The van der Waals surface area contributed by atoms with Crippen LogP contribution in [0.1, 0.15) is 18.2 Å². The average Bonchev–Trinajstić information content (AvgIpc) is 2.68. The number of anilines is 1. The molecule has 0 amide bonds. The highest BCUT2D eigenvalue weighted by Gasteiger charge is 2.05. The van der Waals surface area contributed by atoms with Gasteiger partial charge in [0.05, 0.1) is 11.9 Å². The molecule has 0 aliphatic carbocycles. The smallest absolute Gasteiger partial charge is 0.144 e. The fraction of sp³-hybridized carbons (Fsp3) is 0.364. The molecule has 0 bridgehead atoms. The van der Waals surface area contributed by atoms with Crippen molar-refractivity contribution in [2.45, 2.75) is 19.9 Å². The van der Waals surface area contributed by atoms with Gasteiger partial charge in [-0.1, -0.05) is 6.92 Å². The lowest BCUT2D eigenvalue weighted by atomic mass is 10.2. The van der Waals surface area contributed by atoms with E-state index in [1.807, 2.05) is 17.9 Å². The first-order valence-electron chi connectivity index (χ1n) is 5.31. The lowest BCUT2D eigenvalue weighted by Crippen LogP contribution is -2.02. The first-order valence-corrected chi connectivity index (χ1v) is 5.31. The molecule has 0 saturated carbocycles. The van der Waals surface area contributed by atoms with Gasteiger partial charge in [0.2, 0.25) is 0 Å². The number of hydrogen-bond acceptors (Lipinski definition) is 4. The van der Waals surface area contributed by atoms with Gasteiger partial charge in [0, 0.05) is 37.7 Å². The zero-order chi connectivity index (χ0) is 11.4. The predicted octanol–water partition coefficient (Wildman–Crippen LogP) is 1.38. The maximum atomic E-state index is 4.38. The summed E-state index contributed by atoms with van der Waals surface area (Å²) in [5.41, 5.74) is 2.33. The van der Waals surface area contributed by atoms with E-state index < -0.39 is 0 Å². The van der Waals surface area contributed by atoms with Crippen LogP contribution in [0.4, 0.5) is 5.82 Å². The first-order chi connectivity index (χ1) is 7.79. The Hall–Kier alpha value is -1.91. The molecule has 2 heterocycles. The van der Waals surface area contributed by atoms with E-state index in [9.17, 15) is 0 Å². The highest BCUT2D eigenvalue weighted by atomic mass is 15.3. The monoisotopic (exact) mass is 217 g/mol. The minimum absolute atomic E-state index is 0.732. The van der Waals surface area contributed by atoms with Crippen LogP contribution in [-0.2, 0) is 20.0 Å². The molecule has 0 aliphatic heterocycles. The summed E-state index contributed by atoms with van der Waals surface area (Å²) in [6.45, 7) is 2.84. The van der Waals surface area contributed by atoms with Crippen LogP contribution in [0.2, 0.25) is 0 Å². The molecule has 0 atom stereocenters. The van der Waals surface area contributed by atoms with Gasteiger partial charge in [-0.05, 0) is 6.42 Å². The Morgan fingerprint density at radius 2 is 2.25 bits per heavy atom. The van der Waals surface area contributed by atoms with Gasteiger partial charge in [-0.3, -0.25) is 9.67 Å². The molecule has 2 aromatic rings. The van der Waals surface area contributed by atoms with E-state index in [4.69, 9.17) is 0 Å². The normalized spacial score (nSPS) is 10.4. The van der Waals surface area contributed by atoms with Crippen LogP contribution >= 0.6 is 0 Å². The minimum atomic E-state index is 0.732. The van der Waals surface area contributed by atoms with Gasteiger partial charge in [-0.25, -0.2) is 4.98 Å². The van der Waals surface area contributed by atoms with Crippen LogP contribution < -0.4 is 5.32 Å². The van der Waals surface area contributed by atoms with Gasteiger partial charge in [0.15, 0.2) is 0 Å². The number of nitrogens with zero attached hydrogens (tertiary/aromatic N) is 4. The highest BCUT2D eigenvalue weighted by Crippen LogP contribution is 2.09. The first kappa shape index (κ1) is 10.6. The maximum absolute atomic E-state index is 4.38. The van der Waals surface area contributed by atoms with Crippen molar-refractivity contribution in [3.8, 4) is 0 Å². The molecule has 0 spiro atoms. The number of aryl methyl sites for hydroxylation is 2. The van der Waals surface area contributed by atoms with Crippen molar-refractivity contribution in [2.75, 3.05) is 5.32 Å². The average molecular weight is 217 g/mol. The molecule has 0 saturated heterocycles. The molecule has 0 aromatic carbocycles. The second kappa shape index (κ2) is 4.74. The summed E-state index contributed by atoms with van der Waals surface area (Å²) in [7, 11) is 1.94. The van der Waals surface area contributed by atoms with Crippen LogP contribution in [0.5, 0.6) is 0 Å². The number of aromatic nitrogens is 4. The Morgan fingerprint density at radius 1 is 1.38 bits per heavy atom. The zero-order valence-electron chi connectivity index (χ0n) is 9.51. The van der Waals surface area contributed by atoms with Crippen molar-refractivity contribution in [3.05, 3.63) is 36.0 Å². The molecule has 5 heteroatoms. The van der Waals surface area contributed by atoms with E-state index in [0.29, 0.717) is 0 Å². The molecule has 84 valence electrons. The van der Waals surface area contributed by atoms with Gasteiger partial charge >= 0.3 is 0 Å². The molecule has 0 radical (unpaired) electrons. The van der Waals surface area contributed by atoms with Crippen LogP contribution in [0, 0.1) is 0 Å². The SMILES string of the molecule is CCc1nn(C)cc1CNc1cnccn1. The van der Waals surface area contributed by atoms with Gasteiger partial charge in [0.1, 0.15) is 5.82 Å². The summed E-state index contributed by atoms with van der Waals surface area (Å²) < 4.78 is 1.84. The molecule has 2 rings (SSSR count). The Balaban J connectivity index is 2.04. The van der Waals surface area contributed by atoms with Gasteiger partial charge in [-0.2, -0.15) is 5.10 Å². The van der Waals surface area contributed by atoms with Crippen molar-refractivity contribution >= 4 is 5.82 Å². The topological polar surface area (TPSA) is 55.6 Å². The van der Waals surface area contributed by atoms with Gasteiger partial charge < -0.3 is 5.32 Å². The third kappa shape index (κ3) is 2.36. The lowest BCUT2D eigenvalue weighted by molar-refractivity contribution is 0.746. The van der Waals surface area contributed by atoms with Gasteiger partial charge in [-0.15, -0.1) is 0 Å². The number of nitrogens with one attached hydrogen (secondary N) is 1. The van der Waals surface area contributed by atoms with E-state index in [1.54, 1.807) is 18.6 Å². The lowest BCUT2D eigenvalue weighted by Gasteiger charge is -2.03. The molecule has 2 aromatic heterocycles. The van der Waals surface area contributed by atoms with Crippen molar-refractivity contribution in [1.82, 2.24) is 19.7 Å². The molecule has 0 unspecified atom stereocenters. The Kier molecular flexibility index (Phi) is 3.14. The van der Waals surface area contributed by atoms with E-state index in [0.717, 1.165) is 24.5 Å². The van der Waals surface area contributed by atoms with Crippen molar-refractivity contribution in [3.63, 3.8) is 0 Å².